The number of nitrogens with one attached hydrogen (secondary N) is 2. The molecule has 0 aliphatic carbocycles. The zero-order valence-electron chi connectivity index (χ0n) is 21.8. The van der Waals surface area contributed by atoms with Crippen LogP contribution in [0.1, 0.15) is 13.8 Å². The van der Waals surface area contributed by atoms with Crippen LogP contribution in [-0.4, -0.2) is 45.7 Å². The second-order valence-electron chi connectivity index (χ2n) is 9.10. The van der Waals surface area contributed by atoms with Gasteiger partial charge in [-0.05, 0) is 74.5 Å². The van der Waals surface area contributed by atoms with Crippen molar-refractivity contribution in [3.63, 3.8) is 0 Å². The monoisotopic (exact) mass is 493 g/mol. The number of allylic oxidation sites excluding steroid dienone is 4. The van der Waals surface area contributed by atoms with Crippen LogP contribution < -0.4 is 10.6 Å². The summed E-state index contributed by atoms with van der Waals surface area (Å²) < 4.78 is 13.5. The average molecular weight is 494 g/mol. The van der Waals surface area contributed by atoms with Crippen LogP contribution in [0.5, 0.6) is 0 Å². The second kappa shape index (κ2) is 11.2. The molecule has 0 bridgehead atoms. The Morgan fingerprint density at radius 2 is 1.89 bits per heavy atom. The Morgan fingerprint density at radius 3 is 2.54 bits per heavy atom. The smallest absolute Gasteiger partial charge is 0.123 e. The standard InChI is InChI=1S/C31H32FN5/c1-7-21(19-37(5)6)15-22(8-2)20(4)14-26-28(9-3)35-36-31(26)29-16-25-27(17-33-18-30(25)34-29)23-10-12-24(32)13-11-23/h7-18,34-35H,1,4,19H2,2-3,5-6H3/b21-15+,22-8+,26-14+,28-9+. The molecule has 1 aromatic carbocycles. The molecule has 37 heavy (non-hydrogen) atoms. The number of aromatic nitrogens is 4. The van der Waals surface area contributed by atoms with E-state index in [9.17, 15) is 4.39 Å². The Hall–Kier alpha value is -4.29. The van der Waals surface area contributed by atoms with Gasteiger partial charge in [0.25, 0.3) is 0 Å². The van der Waals surface area contributed by atoms with Gasteiger partial charge < -0.3 is 9.88 Å². The van der Waals surface area contributed by atoms with Gasteiger partial charge >= 0.3 is 0 Å². The van der Waals surface area contributed by atoms with E-state index in [2.05, 4.69) is 62.5 Å². The Balaban J connectivity index is 1.81. The molecule has 0 aliphatic rings. The van der Waals surface area contributed by atoms with Crippen molar-refractivity contribution in [3.05, 3.63) is 107 Å². The number of fused-ring (bicyclic) bond motifs is 1. The van der Waals surface area contributed by atoms with E-state index in [0.29, 0.717) is 0 Å². The lowest BCUT2D eigenvalue weighted by Gasteiger charge is -2.11. The van der Waals surface area contributed by atoms with Crippen LogP contribution in [0.15, 0.2) is 90.8 Å². The minimum absolute atomic E-state index is 0.267. The Kier molecular flexibility index (Phi) is 7.80. The van der Waals surface area contributed by atoms with Gasteiger partial charge in [-0.1, -0.05) is 49.6 Å². The highest BCUT2D eigenvalue weighted by Crippen LogP contribution is 2.30. The van der Waals surface area contributed by atoms with Crippen molar-refractivity contribution < 1.29 is 4.39 Å². The van der Waals surface area contributed by atoms with Gasteiger partial charge in [0.05, 0.1) is 22.8 Å². The zero-order chi connectivity index (χ0) is 26.5. The summed E-state index contributed by atoms with van der Waals surface area (Å²) in [6.07, 6.45) is 13.7. The maximum absolute atomic E-state index is 13.5. The first-order valence-electron chi connectivity index (χ1n) is 12.1. The molecule has 0 radical (unpaired) electrons. The van der Waals surface area contributed by atoms with E-state index in [-0.39, 0.29) is 5.82 Å². The molecule has 0 saturated carbocycles. The third-order valence-corrected chi connectivity index (χ3v) is 6.18. The normalized spacial score (nSPS) is 13.7. The minimum Gasteiger partial charge on any atom is -0.352 e. The quantitative estimate of drug-likeness (QED) is 0.318. The Labute approximate surface area is 216 Å². The molecule has 4 aromatic rings. The number of pyridine rings is 1. The summed E-state index contributed by atoms with van der Waals surface area (Å²) in [6.45, 7) is 13.1. The fourth-order valence-electron chi connectivity index (χ4n) is 4.33. The van der Waals surface area contributed by atoms with Crippen LogP contribution in [0.2, 0.25) is 0 Å². The number of aromatic amines is 2. The molecule has 6 heteroatoms. The molecule has 2 N–H and O–H groups in total. The number of likely N-dealkylation sites (N-methyl/N-ethyl adjacent to an activating group) is 1. The van der Waals surface area contributed by atoms with E-state index in [1.807, 2.05) is 40.1 Å². The van der Waals surface area contributed by atoms with Crippen LogP contribution in [0, 0.1) is 5.82 Å². The number of halogens is 1. The summed E-state index contributed by atoms with van der Waals surface area (Å²) in [7, 11) is 4.07. The maximum atomic E-state index is 13.5. The first-order valence-corrected chi connectivity index (χ1v) is 12.1. The van der Waals surface area contributed by atoms with E-state index in [1.54, 1.807) is 24.5 Å². The van der Waals surface area contributed by atoms with Crippen molar-refractivity contribution in [2.45, 2.75) is 13.8 Å². The van der Waals surface area contributed by atoms with Crippen molar-refractivity contribution in [2.24, 2.45) is 0 Å². The molecule has 0 unspecified atom stereocenters. The molecule has 188 valence electrons. The summed E-state index contributed by atoms with van der Waals surface area (Å²) >= 11 is 0. The molecule has 0 amide bonds. The predicted octanol–water partition coefficient (Wildman–Crippen LogP) is 5.52. The van der Waals surface area contributed by atoms with Crippen LogP contribution >= 0.6 is 0 Å². The number of rotatable bonds is 8. The highest BCUT2D eigenvalue weighted by Gasteiger charge is 2.13. The number of H-pyrrole nitrogens is 2. The van der Waals surface area contributed by atoms with Crippen LogP contribution in [-0.2, 0) is 0 Å². The van der Waals surface area contributed by atoms with Crippen LogP contribution in [0.3, 0.4) is 0 Å². The number of hydrogen-bond donors (Lipinski definition) is 2. The third kappa shape index (κ3) is 5.60. The fraction of sp³-hybridized carbons (Fsp3) is 0.161. The van der Waals surface area contributed by atoms with Gasteiger partial charge in [0.2, 0.25) is 0 Å². The lowest BCUT2D eigenvalue weighted by molar-refractivity contribution is 0.449. The van der Waals surface area contributed by atoms with Gasteiger partial charge in [0.15, 0.2) is 0 Å². The van der Waals surface area contributed by atoms with Crippen molar-refractivity contribution in [2.75, 3.05) is 20.6 Å². The molecular formula is C31H32FN5. The van der Waals surface area contributed by atoms with E-state index in [4.69, 9.17) is 0 Å². The largest absolute Gasteiger partial charge is 0.352 e. The van der Waals surface area contributed by atoms with Gasteiger partial charge in [-0.2, -0.15) is 5.10 Å². The van der Waals surface area contributed by atoms with Gasteiger partial charge in [-0.3, -0.25) is 10.1 Å². The van der Waals surface area contributed by atoms with Crippen molar-refractivity contribution in [1.82, 2.24) is 25.1 Å². The molecule has 3 aromatic heterocycles. The molecule has 0 atom stereocenters. The summed E-state index contributed by atoms with van der Waals surface area (Å²) in [6, 6.07) is 8.51. The van der Waals surface area contributed by atoms with E-state index < -0.39 is 0 Å². The molecule has 3 heterocycles. The minimum atomic E-state index is -0.267. The SMILES string of the molecule is C=C/C(=C\C(=C/C)C(=C)/C=c1/c(-c2cc3c(-c4ccc(F)cc4)cncc3[nH]2)n[nH]/c1=C/C)CN(C)C. The summed E-state index contributed by atoms with van der Waals surface area (Å²) in [5.74, 6) is -0.267. The second-order valence-corrected chi connectivity index (χ2v) is 9.10. The predicted molar refractivity (Wildman–Crippen MR) is 153 cm³/mol. The van der Waals surface area contributed by atoms with E-state index in [0.717, 1.165) is 67.2 Å². The lowest BCUT2D eigenvalue weighted by atomic mass is 10.0. The van der Waals surface area contributed by atoms with Gasteiger partial charge in [-0.25, -0.2) is 4.39 Å². The van der Waals surface area contributed by atoms with E-state index >= 15 is 0 Å². The lowest BCUT2D eigenvalue weighted by Crippen LogP contribution is -2.23. The van der Waals surface area contributed by atoms with Crippen molar-refractivity contribution >= 4 is 23.1 Å². The Bertz CT molecular complexity index is 1630. The molecule has 0 saturated heterocycles. The summed E-state index contributed by atoms with van der Waals surface area (Å²) in [5.41, 5.74) is 7.34. The molecule has 0 spiro atoms. The van der Waals surface area contributed by atoms with Crippen LogP contribution in [0.25, 0.3) is 45.6 Å². The Morgan fingerprint density at radius 1 is 1.14 bits per heavy atom. The number of nitrogens with zero attached hydrogens (tertiary/aromatic N) is 3. The number of hydrogen-bond acceptors (Lipinski definition) is 3. The van der Waals surface area contributed by atoms with Gasteiger partial charge in [0.1, 0.15) is 11.5 Å². The highest BCUT2D eigenvalue weighted by molar-refractivity contribution is 5.97. The number of benzene rings is 1. The molecule has 0 aliphatic heterocycles. The summed E-state index contributed by atoms with van der Waals surface area (Å²) in [5, 5.41) is 10.6. The zero-order valence-corrected chi connectivity index (χ0v) is 21.8. The van der Waals surface area contributed by atoms with E-state index in [1.165, 1.54) is 12.1 Å². The van der Waals surface area contributed by atoms with Gasteiger partial charge in [0, 0.05) is 28.9 Å². The maximum Gasteiger partial charge on any atom is 0.123 e. The molecule has 4 rings (SSSR count). The average Bonchev–Trinajstić information content (AvgIpc) is 3.50. The summed E-state index contributed by atoms with van der Waals surface area (Å²) in [4.78, 5) is 9.96. The van der Waals surface area contributed by atoms with Crippen molar-refractivity contribution in [3.8, 4) is 22.5 Å². The molecule has 5 nitrogen and oxygen atoms in total. The molecule has 0 fully saturated rings. The topological polar surface area (TPSA) is 60.6 Å². The first-order chi connectivity index (χ1) is 17.8. The molecular weight excluding hydrogens is 461 g/mol. The van der Waals surface area contributed by atoms with Crippen LogP contribution in [0.4, 0.5) is 4.39 Å². The van der Waals surface area contributed by atoms with Crippen molar-refractivity contribution in [1.29, 1.82) is 0 Å². The fourth-order valence-corrected chi connectivity index (χ4v) is 4.33. The first kappa shape index (κ1) is 25.8. The van der Waals surface area contributed by atoms with Gasteiger partial charge in [-0.15, -0.1) is 0 Å². The third-order valence-electron chi connectivity index (χ3n) is 6.18. The highest BCUT2D eigenvalue weighted by atomic mass is 19.1.